The number of carbonyl (C=O) groups is 1. The molecule has 1 amide bonds. The third kappa shape index (κ3) is 4.69. The van der Waals surface area contributed by atoms with Crippen molar-refractivity contribution in [1.29, 1.82) is 0 Å². The van der Waals surface area contributed by atoms with E-state index in [2.05, 4.69) is 10.2 Å². The summed E-state index contributed by atoms with van der Waals surface area (Å²) in [6, 6.07) is 8.71. The number of carbonyl (C=O) groups excluding carboxylic acids is 1. The number of piperidine rings is 1. The minimum atomic E-state index is 0. The first kappa shape index (κ1) is 18.2. The number of nitrogens with one attached hydrogen (secondary N) is 1. The van der Waals surface area contributed by atoms with E-state index in [4.69, 9.17) is 5.73 Å². The summed E-state index contributed by atoms with van der Waals surface area (Å²) in [5, 5.41) is 3.19. The smallest absolute Gasteiger partial charge is 0.251 e. The first-order chi connectivity index (χ1) is 10.8. The molecule has 3 N–H and O–H groups in total. The molecule has 1 heterocycles. The number of halogens is 1. The van der Waals surface area contributed by atoms with E-state index in [0.717, 1.165) is 43.1 Å². The van der Waals surface area contributed by atoms with Crippen LogP contribution < -0.4 is 11.1 Å². The molecule has 23 heavy (non-hydrogen) atoms. The maximum absolute atomic E-state index is 12.3. The monoisotopic (exact) mass is 337 g/mol. The Morgan fingerprint density at radius 2 is 1.70 bits per heavy atom. The van der Waals surface area contributed by atoms with Crippen molar-refractivity contribution in [2.24, 2.45) is 5.73 Å². The van der Waals surface area contributed by atoms with Crippen molar-refractivity contribution in [3.05, 3.63) is 35.4 Å². The lowest BCUT2D eigenvalue weighted by atomic mass is 10.0. The van der Waals surface area contributed by atoms with Crippen LogP contribution >= 0.6 is 12.4 Å². The fourth-order valence-electron chi connectivity index (χ4n) is 3.74. The molecule has 1 saturated carbocycles. The predicted octanol–water partition coefficient (Wildman–Crippen LogP) is 2.70. The van der Waals surface area contributed by atoms with Gasteiger partial charge in [0.2, 0.25) is 0 Å². The second-order valence-corrected chi connectivity index (χ2v) is 6.62. The predicted molar refractivity (Wildman–Crippen MR) is 95.9 cm³/mol. The molecule has 0 aromatic heterocycles. The van der Waals surface area contributed by atoms with E-state index in [9.17, 15) is 4.79 Å². The topological polar surface area (TPSA) is 58.4 Å². The van der Waals surface area contributed by atoms with Crippen LogP contribution in [0.1, 0.15) is 54.4 Å². The van der Waals surface area contributed by atoms with E-state index in [1.807, 2.05) is 24.3 Å². The van der Waals surface area contributed by atoms with Gasteiger partial charge in [0.25, 0.3) is 5.91 Å². The summed E-state index contributed by atoms with van der Waals surface area (Å²) in [6.07, 6.45) is 7.65. The summed E-state index contributed by atoms with van der Waals surface area (Å²) < 4.78 is 0. The standard InChI is InChI=1S/C18H27N3O.ClH/c19-13-14-5-7-15(8-6-14)18(22)20-16-9-11-21(12-10-16)17-3-1-2-4-17;/h5-8,16-17H,1-4,9-13,19H2,(H,20,22);1H. The molecule has 5 heteroatoms. The van der Waals surface area contributed by atoms with E-state index in [1.54, 1.807) is 0 Å². The summed E-state index contributed by atoms with van der Waals surface area (Å²) in [4.78, 5) is 14.9. The minimum Gasteiger partial charge on any atom is -0.349 e. The summed E-state index contributed by atoms with van der Waals surface area (Å²) in [5.74, 6) is 0.0443. The van der Waals surface area contributed by atoms with Gasteiger partial charge in [-0.25, -0.2) is 0 Å². The molecule has 1 aromatic carbocycles. The molecular formula is C18H28ClN3O. The number of likely N-dealkylation sites (tertiary alicyclic amines) is 1. The summed E-state index contributed by atoms with van der Waals surface area (Å²) in [5.41, 5.74) is 7.37. The maximum atomic E-state index is 12.3. The molecule has 0 radical (unpaired) electrons. The number of amides is 1. The lowest BCUT2D eigenvalue weighted by molar-refractivity contribution is 0.0892. The van der Waals surface area contributed by atoms with Gasteiger partial charge in [0, 0.05) is 37.3 Å². The van der Waals surface area contributed by atoms with Gasteiger partial charge in [-0.3, -0.25) is 4.79 Å². The Labute approximate surface area is 145 Å². The molecule has 2 fully saturated rings. The second-order valence-electron chi connectivity index (χ2n) is 6.62. The fraction of sp³-hybridized carbons (Fsp3) is 0.611. The molecule has 0 atom stereocenters. The molecule has 1 saturated heterocycles. The van der Waals surface area contributed by atoms with Crippen molar-refractivity contribution in [3.8, 4) is 0 Å². The van der Waals surface area contributed by atoms with Crippen LogP contribution in [0.25, 0.3) is 0 Å². The van der Waals surface area contributed by atoms with Crippen LogP contribution in [0.3, 0.4) is 0 Å². The highest BCUT2D eigenvalue weighted by molar-refractivity contribution is 5.94. The van der Waals surface area contributed by atoms with Gasteiger partial charge in [-0.05, 0) is 43.4 Å². The molecule has 4 nitrogen and oxygen atoms in total. The van der Waals surface area contributed by atoms with Crippen LogP contribution in [0, 0.1) is 0 Å². The van der Waals surface area contributed by atoms with E-state index < -0.39 is 0 Å². The summed E-state index contributed by atoms with van der Waals surface area (Å²) in [6.45, 7) is 2.77. The van der Waals surface area contributed by atoms with Crippen LogP contribution in [-0.2, 0) is 6.54 Å². The van der Waals surface area contributed by atoms with Gasteiger partial charge >= 0.3 is 0 Å². The number of benzene rings is 1. The van der Waals surface area contributed by atoms with Gasteiger partial charge in [0.05, 0.1) is 0 Å². The number of nitrogens with two attached hydrogens (primary N) is 1. The Morgan fingerprint density at radius 1 is 1.09 bits per heavy atom. The van der Waals surface area contributed by atoms with Crippen LogP contribution in [0.2, 0.25) is 0 Å². The van der Waals surface area contributed by atoms with Crippen LogP contribution in [-0.4, -0.2) is 36.0 Å². The number of hydrogen-bond acceptors (Lipinski definition) is 3. The van der Waals surface area contributed by atoms with E-state index in [1.165, 1.54) is 25.7 Å². The molecule has 1 aromatic rings. The average Bonchev–Trinajstić information content (AvgIpc) is 3.10. The molecule has 2 aliphatic rings. The highest BCUT2D eigenvalue weighted by atomic mass is 35.5. The first-order valence-electron chi connectivity index (χ1n) is 8.60. The molecule has 0 bridgehead atoms. The molecule has 0 unspecified atom stereocenters. The van der Waals surface area contributed by atoms with E-state index in [-0.39, 0.29) is 18.3 Å². The molecule has 3 rings (SSSR count). The highest BCUT2D eigenvalue weighted by Crippen LogP contribution is 2.26. The minimum absolute atomic E-state index is 0. The Hall–Kier alpha value is -1.10. The van der Waals surface area contributed by atoms with Gasteiger partial charge in [0.1, 0.15) is 0 Å². The molecule has 1 aliphatic heterocycles. The van der Waals surface area contributed by atoms with E-state index in [0.29, 0.717) is 12.6 Å². The normalized spacial score (nSPS) is 20.2. The lowest BCUT2D eigenvalue weighted by Gasteiger charge is -2.36. The molecule has 0 spiro atoms. The molecular weight excluding hydrogens is 310 g/mol. The zero-order valence-corrected chi connectivity index (χ0v) is 14.5. The summed E-state index contributed by atoms with van der Waals surface area (Å²) >= 11 is 0. The van der Waals surface area contributed by atoms with Crippen molar-refractivity contribution in [3.63, 3.8) is 0 Å². The largest absolute Gasteiger partial charge is 0.349 e. The van der Waals surface area contributed by atoms with Crippen LogP contribution in [0.5, 0.6) is 0 Å². The van der Waals surface area contributed by atoms with Gasteiger partial charge in [-0.15, -0.1) is 12.4 Å². The van der Waals surface area contributed by atoms with Gasteiger partial charge in [-0.1, -0.05) is 25.0 Å². The average molecular weight is 338 g/mol. The Bertz CT molecular complexity index is 491. The van der Waals surface area contributed by atoms with Gasteiger partial charge < -0.3 is 16.0 Å². The van der Waals surface area contributed by atoms with Gasteiger partial charge in [-0.2, -0.15) is 0 Å². The number of nitrogens with zero attached hydrogens (tertiary/aromatic N) is 1. The fourth-order valence-corrected chi connectivity index (χ4v) is 3.74. The lowest BCUT2D eigenvalue weighted by Crippen LogP contribution is -2.47. The van der Waals surface area contributed by atoms with Crippen LogP contribution in [0.4, 0.5) is 0 Å². The number of hydrogen-bond donors (Lipinski definition) is 2. The van der Waals surface area contributed by atoms with E-state index >= 15 is 0 Å². The third-order valence-corrected chi connectivity index (χ3v) is 5.16. The van der Waals surface area contributed by atoms with Crippen molar-refractivity contribution < 1.29 is 4.79 Å². The summed E-state index contributed by atoms with van der Waals surface area (Å²) in [7, 11) is 0. The Morgan fingerprint density at radius 3 is 2.26 bits per heavy atom. The van der Waals surface area contributed by atoms with Crippen molar-refractivity contribution in [2.45, 2.75) is 57.2 Å². The van der Waals surface area contributed by atoms with Crippen LogP contribution in [0.15, 0.2) is 24.3 Å². The molecule has 1 aliphatic carbocycles. The molecule has 128 valence electrons. The number of rotatable bonds is 4. The Kier molecular flexibility index (Phi) is 6.88. The SMILES string of the molecule is Cl.NCc1ccc(C(=O)NC2CCN(C3CCCC3)CC2)cc1. The quantitative estimate of drug-likeness (QED) is 0.888. The van der Waals surface area contributed by atoms with Crippen molar-refractivity contribution >= 4 is 18.3 Å². The zero-order chi connectivity index (χ0) is 15.4. The van der Waals surface area contributed by atoms with Gasteiger partial charge in [0.15, 0.2) is 0 Å². The van der Waals surface area contributed by atoms with Crippen molar-refractivity contribution in [2.75, 3.05) is 13.1 Å². The third-order valence-electron chi connectivity index (χ3n) is 5.16. The van der Waals surface area contributed by atoms with Crippen molar-refractivity contribution in [1.82, 2.24) is 10.2 Å². The maximum Gasteiger partial charge on any atom is 0.251 e. The first-order valence-corrected chi connectivity index (χ1v) is 8.60. The zero-order valence-electron chi connectivity index (χ0n) is 13.7. The second kappa shape index (κ2) is 8.67. The highest BCUT2D eigenvalue weighted by Gasteiger charge is 2.27. The Balaban J connectivity index is 0.00000192.